The van der Waals surface area contributed by atoms with Gasteiger partial charge in [-0.1, -0.05) is 47.8 Å². The molecule has 2 aliphatic heterocycles. The van der Waals surface area contributed by atoms with Crippen LogP contribution in [0.1, 0.15) is 13.8 Å². The van der Waals surface area contributed by atoms with E-state index in [2.05, 4.69) is 63.3 Å². The molecular formula is C20H25Br3FN5O4. The predicted molar refractivity (Wildman–Crippen MR) is 134 cm³/mol. The Morgan fingerprint density at radius 3 is 2.39 bits per heavy atom. The van der Waals surface area contributed by atoms with Crippen molar-refractivity contribution in [3.63, 3.8) is 0 Å². The molecule has 1 aromatic carbocycles. The molecule has 0 radical (unpaired) electrons. The number of cyclic esters (lactones) is 1. The highest BCUT2D eigenvalue weighted by Gasteiger charge is 2.38. The van der Waals surface area contributed by atoms with Gasteiger partial charge in [-0.15, -0.1) is 0 Å². The number of benzene rings is 1. The van der Waals surface area contributed by atoms with Crippen LogP contribution in [-0.2, 0) is 14.3 Å². The third-order valence-corrected chi connectivity index (χ3v) is 6.67. The minimum absolute atomic E-state index is 0.161. The quantitative estimate of drug-likeness (QED) is 0.458. The number of anilines is 2. The largest absolute Gasteiger partial charge is 0.442 e. The summed E-state index contributed by atoms with van der Waals surface area (Å²) in [5, 5.41) is 5.51. The number of alkyl halides is 3. The summed E-state index contributed by atoms with van der Waals surface area (Å²) in [6.45, 7) is 5.59. The highest BCUT2D eigenvalue weighted by atomic mass is 80.0. The van der Waals surface area contributed by atoms with Gasteiger partial charge < -0.3 is 20.3 Å². The molecule has 182 valence electrons. The Morgan fingerprint density at radius 1 is 1.18 bits per heavy atom. The maximum atomic E-state index is 15.0. The van der Waals surface area contributed by atoms with E-state index in [-0.39, 0.29) is 31.1 Å². The Balaban J connectivity index is 1.64. The molecule has 3 amide bonds. The third-order valence-electron chi connectivity index (χ3n) is 5.37. The zero-order valence-electron chi connectivity index (χ0n) is 18.1. The molecule has 1 aromatic rings. The zero-order valence-corrected chi connectivity index (χ0v) is 22.9. The first-order valence-corrected chi connectivity index (χ1v) is 12.7. The van der Waals surface area contributed by atoms with Crippen molar-refractivity contribution in [1.29, 1.82) is 0 Å². The van der Waals surface area contributed by atoms with Crippen molar-refractivity contribution >= 4 is 77.1 Å². The van der Waals surface area contributed by atoms with Crippen LogP contribution in [0.3, 0.4) is 0 Å². The number of ether oxygens (including phenoxy) is 1. The SMILES string of the molecule is CC(=O)NC[C@H]1CN(c2ccc(N3CCN(C(NC(C)=O)C(Br)(Br)Br)CC3)c(F)c2)C(=O)O1. The number of hydrogen-bond acceptors (Lipinski definition) is 6. The first-order chi connectivity index (χ1) is 15.5. The van der Waals surface area contributed by atoms with E-state index in [1.807, 2.05) is 4.90 Å². The average molecular weight is 658 g/mol. The Labute approximate surface area is 216 Å². The van der Waals surface area contributed by atoms with E-state index in [0.29, 0.717) is 37.6 Å². The molecule has 0 aromatic heterocycles. The molecule has 2 atom stereocenters. The highest BCUT2D eigenvalue weighted by molar-refractivity contribution is 9.39. The van der Waals surface area contributed by atoms with Crippen LogP contribution in [0.4, 0.5) is 20.6 Å². The van der Waals surface area contributed by atoms with Crippen molar-refractivity contribution in [1.82, 2.24) is 15.5 Å². The lowest BCUT2D eigenvalue weighted by molar-refractivity contribution is -0.121. The van der Waals surface area contributed by atoms with Crippen LogP contribution in [0.25, 0.3) is 0 Å². The number of nitrogens with one attached hydrogen (secondary N) is 2. The van der Waals surface area contributed by atoms with Crippen molar-refractivity contribution < 1.29 is 23.5 Å². The van der Waals surface area contributed by atoms with E-state index in [9.17, 15) is 14.4 Å². The van der Waals surface area contributed by atoms with Crippen molar-refractivity contribution in [2.75, 3.05) is 49.1 Å². The van der Waals surface area contributed by atoms with Crippen LogP contribution in [0.5, 0.6) is 0 Å². The smallest absolute Gasteiger partial charge is 0.414 e. The first kappa shape index (κ1) is 26.2. The summed E-state index contributed by atoms with van der Waals surface area (Å²) in [5.41, 5.74) is 0.846. The van der Waals surface area contributed by atoms with Crippen molar-refractivity contribution in [3.8, 4) is 0 Å². The molecule has 33 heavy (non-hydrogen) atoms. The second-order valence-electron chi connectivity index (χ2n) is 7.86. The van der Waals surface area contributed by atoms with Crippen LogP contribution in [0.15, 0.2) is 18.2 Å². The molecule has 2 fully saturated rings. The standard InChI is InChI=1S/C20H25Br3FN5O4/c1-12(30)25-10-15-11-29(19(32)33-15)14-3-4-17(16(24)9-14)27-5-7-28(8-6-27)18(20(21,22)23)26-13(2)31/h3-4,9,15,18H,5-8,10-11H2,1-2H3,(H,25,30)(H,26,31)/t15-,18?/m0/s1. The molecule has 2 saturated heterocycles. The van der Waals surface area contributed by atoms with Crippen LogP contribution >= 0.6 is 47.8 Å². The zero-order chi connectivity index (χ0) is 24.3. The Kier molecular flexibility index (Phi) is 8.62. The summed E-state index contributed by atoms with van der Waals surface area (Å²) in [7, 11) is 0. The molecule has 0 bridgehead atoms. The lowest BCUT2D eigenvalue weighted by atomic mass is 10.2. The molecule has 2 heterocycles. The van der Waals surface area contributed by atoms with Crippen molar-refractivity contribution in [2.24, 2.45) is 0 Å². The number of nitrogens with zero attached hydrogens (tertiary/aromatic N) is 3. The van der Waals surface area contributed by atoms with Gasteiger partial charge in [-0.3, -0.25) is 19.4 Å². The second kappa shape index (κ2) is 10.9. The lowest BCUT2D eigenvalue weighted by Crippen LogP contribution is -2.60. The van der Waals surface area contributed by atoms with Crippen LogP contribution in [0, 0.1) is 5.82 Å². The van der Waals surface area contributed by atoms with Crippen LogP contribution in [-0.4, -0.2) is 76.5 Å². The van der Waals surface area contributed by atoms with Crippen molar-refractivity contribution in [2.45, 2.75) is 28.3 Å². The fraction of sp³-hybridized carbons (Fsp3) is 0.550. The van der Waals surface area contributed by atoms with Gasteiger partial charge in [0.25, 0.3) is 0 Å². The van der Waals surface area contributed by atoms with Gasteiger partial charge in [0.2, 0.25) is 11.8 Å². The fourth-order valence-electron chi connectivity index (χ4n) is 3.81. The summed E-state index contributed by atoms with van der Waals surface area (Å²) < 4.78 is 19.6. The third kappa shape index (κ3) is 6.80. The van der Waals surface area contributed by atoms with Gasteiger partial charge in [0.05, 0.1) is 24.5 Å². The number of carbonyl (C=O) groups excluding carboxylic acids is 3. The van der Waals surface area contributed by atoms with Gasteiger partial charge >= 0.3 is 6.09 Å². The van der Waals surface area contributed by atoms with E-state index in [0.717, 1.165) is 0 Å². The normalized spacial score (nSPS) is 20.4. The van der Waals surface area contributed by atoms with E-state index in [1.165, 1.54) is 24.8 Å². The molecule has 0 spiro atoms. The molecule has 0 saturated carbocycles. The lowest BCUT2D eigenvalue weighted by Gasteiger charge is -2.43. The molecule has 0 aliphatic carbocycles. The summed E-state index contributed by atoms with van der Waals surface area (Å²) in [4.78, 5) is 40.2. The molecule has 13 heteroatoms. The molecule has 3 rings (SSSR count). The maximum absolute atomic E-state index is 15.0. The Bertz CT molecular complexity index is 908. The number of carbonyl (C=O) groups is 3. The summed E-state index contributed by atoms with van der Waals surface area (Å²) in [6.07, 6.45) is -1.41. The van der Waals surface area contributed by atoms with E-state index >= 15 is 4.39 Å². The Hall–Kier alpha value is -1.44. The summed E-state index contributed by atoms with van der Waals surface area (Å²) in [5.74, 6) is -0.808. The molecule has 9 nitrogen and oxygen atoms in total. The van der Waals surface area contributed by atoms with E-state index in [1.54, 1.807) is 12.1 Å². The number of amides is 3. The average Bonchev–Trinajstić information content (AvgIpc) is 3.10. The molecular weight excluding hydrogens is 633 g/mol. The van der Waals surface area contributed by atoms with E-state index in [4.69, 9.17) is 4.74 Å². The minimum Gasteiger partial charge on any atom is -0.442 e. The first-order valence-electron chi connectivity index (χ1n) is 10.3. The summed E-state index contributed by atoms with van der Waals surface area (Å²) in [6, 6.07) is 4.67. The number of halogens is 4. The second-order valence-corrected chi connectivity index (χ2v) is 14.8. The van der Waals surface area contributed by atoms with Crippen LogP contribution in [0.2, 0.25) is 0 Å². The highest BCUT2D eigenvalue weighted by Crippen LogP contribution is 2.39. The van der Waals surface area contributed by atoms with E-state index < -0.39 is 20.2 Å². The van der Waals surface area contributed by atoms with Crippen LogP contribution < -0.4 is 20.4 Å². The van der Waals surface area contributed by atoms with Gasteiger partial charge in [-0.2, -0.15) is 0 Å². The maximum Gasteiger partial charge on any atom is 0.414 e. The topological polar surface area (TPSA) is 94.2 Å². The number of rotatable bonds is 6. The Morgan fingerprint density at radius 2 is 1.85 bits per heavy atom. The van der Waals surface area contributed by atoms with Gasteiger partial charge in [0, 0.05) is 40.0 Å². The monoisotopic (exact) mass is 655 g/mol. The molecule has 2 N–H and O–H groups in total. The predicted octanol–water partition coefficient (Wildman–Crippen LogP) is 2.71. The summed E-state index contributed by atoms with van der Waals surface area (Å²) >= 11 is 10.5. The van der Waals surface area contributed by atoms with Gasteiger partial charge in [-0.25, -0.2) is 9.18 Å². The van der Waals surface area contributed by atoms with Gasteiger partial charge in [0.15, 0.2) is 2.14 Å². The molecule has 2 aliphatic rings. The minimum atomic E-state index is -0.699. The molecule has 1 unspecified atom stereocenters. The number of hydrogen-bond donors (Lipinski definition) is 2. The fourth-order valence-corrected chi connectivity index (χ4v) is 5.02. The van der Waals surface area contributed by atoms with Crippen molar-refractivity contribution in [3.05, 3.63) is 24.0 Å². The van der Waals surface area contributed by atoms with Gasteiger partial charge in [-0.05, 0) is 18.2 Å². The van der Waals surface area contributed by atoms with Gasteiger partial charge in [0.1, 0.15) is 18.1 Å². The number of piperazine rings is 1.